The van der Waals surface area contributed by atoms with Crippen LogP contribution in [0.25, 0.3) is 0 Å². The number of allylic oxidation sites excluding steroid dienone is 1. The zero-order chi connectivity index (χ0) is 28.7. The number of halogens is 6. The van der Waals surface area contributed by atoms with Crippen LogP contribution in [0.3, 0.4) is 0 Å². The first-order valence-corrected chi connectivity index (χ1v) is 14.7. The lowest BCUT2D eigenvalue weighted by Crippen LogP contribution is -2.38. The summed E-state index contributed by atoms with van der Waals surface area (Å²) in [6.45, 7) is 3.07. The molecule has 40 heavy (non-hydrogen) atoms. The molecule has 2 unspecified atom stereocenters. The summed E-state index contributed by atoms with van der Waals surface area (Å²) in [5.74, 6) is -3.56. The molecule has 3 aliphatic rings. The minimum Gasteiger partial charge on any atom is -0.453 e. The second-order valence-corrected chi connectivity index (χ2v) is 11.7. The third kappa shape index (κ3) is 8.43. The second kappa shape index (κ2) is 14.1. The van der Waals surface area contributed by atoms with E-state index in [0.29, 0.717) is 48.6 Å². The molecule has 0 spiro atoms. The van der Waals surface area contributed by atoms with Crippen LogP contribution >= 0.6 is 0 Å². The van der Waals surface area contributed by atoms with Gasteiger partial charge in [-0.05, 0) is 94.3 Å². The van der Waals surface area contributed by atoms with E-state index in [2.05, 4.69) is 23.8 Å². The van der Waals surface area contributed by atoms with Crippen molar-refractivity contribution in [2.45, 2.75) is 96.2 Å². The summed E-state index contributed by atoms with van der Waals surface area (Å²) < 4.78 is 97.2. The van der Waals surface area contributed by atoms with Gasteiger partial charge in [0.15, 0.2) is 23.6 Å². The van der Waals surface area contributed by atoms with Gasteiger partial charge in [0, 0.05) is 12.1 Å². The first-order valence-electron chi connectivity index (χ1n) is 14.7. The van der Waals surface area contributed by atoms with Crippen LogP contribution in [-0.2, 0) is 4.74 Å². The highest BCUT2D eigenvalue weighted by atomic mass is 19.3. The maximum atomic E-state index is 14.9. The SMILES string of the molecule is CCCC1CCC(/C=C/C2CCC(C3CCC(C(F)(F)Oc4cc(F)c(OC=C(F)F)c(F)c4)CC3)CC2)OC1. The molecule has 1 aliphatic heterocycles. The predicted octanol–water partition coefficient (Wildman–Crippen LogP) is 9.82. The number of hydrogen-bond acceptors (Lipinski definition) is 3. The van der Waals surface area contributed by atoms with E-state index in [1.807, 2.05) is 0 Å². The van der Waals surface area contributed by atoms with Gasteiger partial charge >= 0.3 is 12.2 Å². The lowest BCUT2D eigenvalue weighted by molar-refractivity contribution is -0.224. The van der Waals surface area contributed by atoms with Gasteiger partial charge in [0.25, 0.3) is 0 Å². The van der Waals surface area contributed by atoms with E-state index in [-0.39, 0.29) is 25.2 Å². The number of benzene rings is 1. The van der Waals surface area contributed by atoms with Gasteiger partial charge in [-0.2, -0.15) is 17.6 Å². The molecule has 9 heteroatoms. The summed E-state index contributed by atoms with van der Waals surface area (Å²) in [7, 11) is 0. The normalized spacial score (nSPS) is 29.8. The molecule has 0 aromatic heterocycles. The second-order valence-electron chi connectivity index (χ2n) is 11.7. The number of hydrogen-bond donors (Lipinski definition) is 0. The van der Waals surface area contributed by atoms with Crippen molar-refractivity contribution in [3.8, 4) is 11.5 Å². The molecule has 224 valence electrons. The standard InChI is InChI=1S/C31H40F6O3/c1-2-3-21-7-15-25(38-18-21)14-6-20-4-8-22(9-5-20)23-10-12-24(13-11-23)31(36,37)40-26-16-27(32)30(28(33)17-26)39-19-29(34)35/h6,14,16-17,19-25H,2-5,7-13,15,18H2,1H3/b14-6+. The zero-order valence-electron chi connectivity index (χ0n) is 23.0. The fourth-order valence-electron chi connectivity index (χ4n) is 6.68. The first kappa shape index (κ1) is 30.8. The van der Waals surface area contributed by atoms with Crippen molar-refractivity contribution in [1.29, 1.82) is 0 Å². The van der Waals surface area contributed by atoms with Gasteiger partial charge in [0.2, 0.25) is 0 Å². The third-order valence-corrected chi connectivity index (χ3v) is 8.92. The van der Waals surface area contributed by atoms with Crippen LogP contribution in [0.15, 0.2) is 36.6 Å². The van der Waals surface area contributed by atoms with E-state index in [1.54, 1.807) is 0 Å². The number of alkyl halides is 2. The maximum absolute atomic E-state index is 14.9. The molecule has 1 aromatic rings. The van der Waals surface area contributed by atoms with Crippen LogP contribution in [0.5, 0.6) is 11.5 Å². The molecule has 4 rings (SSSR count). The number of ether oxygens (including phenoxy) is 3. The lowest BCUT2D eigenvalue weighted by Gasteiger charge is -2.39. The average molecular weight is 575 g/mol. The van der Waals surface area contributed by atoms with Crippen molar-refractivity contribution >= 4 is 0 Å². The van der Waals surface area contributed by atoms with Crippen LogP contribution in [0.2, 0.25) is 0 Å². The quantitative estimate of drug-likeness (QED) is 0.158. The molecule has 0 N–H and O–H groups in total. The Labute approximate surface area is 232 Å². The van der Waals surface area contributed by atoms with Crippen molar-refractivity contribution in [2.75, 3.05) is 6.61 Å². The molecule has 3 fully saturated rings. The summed E-state index contributed by atoms with van der Waals surface area (Å²) in [4.78, 5) is 0. The maximum Gasteiger partial charge on any atom is 0.400 e. The van der Waals surface area contributed by atoms with Crippen molar-refractivity contribution in [1.82, 2.24) is 0 Å². The summed E-state index contributed by atoms with van der Waals surface area (Å²) in [5, 5.41) is 0. The Kier molecular flexibility index (Phi) is 10.9. The monoisotopic (exact) mass is 574 g/mol. The van der Waals surface area contributed by atoms with Crippen molar-refractivity contribution < 1.29 is 40.6 Å². The highest BCUT2D eigenvalue weighted by Gasteiger charge is 2.45. The summed E-state index contributed by atoms with van der Waals surface area (Å²) in [5.41, 5.74) is 0. The van der Waals surface area contributed by atoms with Crippen molar-refractivity contribution in [3.05, 3.63) is 48.3 Å². The van der Waals surface area contributed by atoms with E-state index >= 15 is 0 Å². The van der Waals surface area contributed by atoms with Gasteiger partial charge in [0.1, 0.15) is 5.75 Å². The van der Waals surface area contributed by atoms with Crippen LogP contribution in [0.1, 0.15) is 84.0 Å². The first-order chi connectivity index (χ1) is 19.1. The van der Waals surface area contributed by atoms with Gasteiger partial charge in [-0.1, -0.05) is 25.5 Å². The molecule has 1 aromatic carbocycles. The fraction of sp³-hybridized carbons (Fsp3) is 0.677. The molecule has 1 saturated heterocycles. The average Bonchev–Trinajstić information content (AvgIpc) is 2.92. The van der Waals surface area contributed by atoms with Gasteiger partial charge in [-0.25, -0.2) is 8.78 Å². The third-order valence-electron chi connectivity index (χ3n) is 8.92. The van der Waals surface area contributed by atoms with Crippen molar-refractivity contribution in [2.24, 2.45) is 29.6 Å². The van der Waals surface area contributed by atoms with Gasteiger partial charge in [-0.3, -0.25) is 0 Å². The van der Waals surface area contributed by atoms with E-state index < -0.39 is 41.2 Å². The molecule has 1 heterocycles. The van der Waals surface area contributed by atoms with Crippen molar-refractivity contribution in [3.63, 3.8) is 0 Å². The summed E-state index contributed by atoms with van der Waals surface area (Å²) in [6.07, 6.45) is 9.81. The largest absolute Gasteiger partial charge is 0.453 e. The van der Waals surface area contributed by atoms with Gasteiger partial charge < -0.3 is 14.2 Å². The Morgan fingerprint density at radius 3 is 2.08 bits per heavy atom. The van der Waals surface area contributed by atoms with Crippen LogP contribution < -0.4 is 9.47 Å². The lowest BCUT2D eigenvalue weighted by atomic mass is 9.69. The molecule has 0 radical (unpaired) electrons. The Bertz CT molecular complexity index is 977. The predicted molar refractivity (Wildman–Crippen MR) is 140 cm³/mol. The van der Waals surface area contributed by atoms with Crippen LogP contribution in [-0.4, -0.2) is 18.8 Å². The highest BCUT2D eigenvalue weighted by Crippen LogP contribution is 2.46. The Balaban J connectivity index is 1.21. The van der Waals surface area contributed by atoms with E-state index in [4.69, 9.17) is 9.47 Å². The summed E-state index contributed by atoms with van der Waals surface area (Å²) in [6, 6.07) is 1.02. The number of rotatable bonds is 10. The molecule has 2 saturated carbocycles. The molecular formula is C31H40F6O3. The van der Waals surface area contributed by atoms with Gasteiger partial charge in [-0.15, -0.1) is 0 Å². The van der Waals surface area contributed by atoms with Crippen LogP contribution in [0, 0.1) is 41.2 Å². The van der Waals surface area contributed by atoms with Crippen LogP contribution in [0.4, 0.5) is 26.3 Å². The molecule has 0 bridgehead atoms. The topological polar surface area (TPSA) is 27.7 Å². The fourth-order valence-corrected chi connectivity index (χ4v) is 6.68. The van der Waals surface area contributed by atoms with E-state index in [0.717, 1.165) is 38.7 Å². The minimum absolute atomic E-state index is 0.132. The molecule has 3 nitrogen and oxygen atoms in total. The minimum atomic E-state index is -3.61. The Morgan fingerprint density at radius 1 is 0.900 bits per heavy atom. The molecule has 0 amide bonds. The highest BCUT2D eigenvalue weighted by molar-refractivity contribution is 5.35. The Morgan fingerprint density at radius 2 is 1.52 bits per heavy atom. The van der Waals surface area contributed by atoms with E-state index in [1.165, 1.54) is 19.3 Å². The molecule has 2 atom stereocenters. The molecular weight excluding hydrogens is 534 g/mol. The Hall–Kier alpha value is -2.16. The summed E-state index contributed by atoms with van der Waals surface area (Å²) >= 11 is 0. The zero-order valence-corrected chi connectivity index (χ0v) is 23.0. The van der Waals surface area contributed by atoms with Gasteiger partial charge in [0.05, 0.1) is 18.6 Å². The smallest absolute Gasteiger partial charge is 0.400 e. The molecule has 2 aliphatic carbocycles. The van der Waals surface area contributed by atoms with E-state index in [9.17, 15) is 26.3 Å².